The van der Waals surface area contributed by atoms with Crippen LogP contribution in [0.2, 0.25) is 0 Å². The van der Waals surface area contributed by atoms with E-state index in [0.717, 1.165) is 120 Å². The van der Waals surface area contributed by atoms with Gasteiger partial charge in [0.25, 0.3) is 0 Å². The quantitative estimate of drug-likeness (QED) is 0.0222. The summed E-state index contributed by atoms with van der Waals surface area (Å²) in [5.74, 6) is 0.949. The lowest BCUT2D eigenvalue weighted by Crippen LogP contribution is -2.30. The van der Waals surface area contributed by atoms with E-state index >= 15 is 0 Å². The Hall–Kier alpha value is -1.94. The second kappa shape index (κ2) is 66.3. The molecule has 570 valence electrons. The van der Waals surface area contributed by atoms with Crippen molar-refractivity contribution in [2.45, 2.75) is 408 Å². The van der Waals surface area contributed by atoms with E-state index in [4.69, 9.17) is 37.0 Å². The van der Waals surface area contributed by atoms with Crippen LogP contribution in [0.3, 0.4) is 0 Å². The van der Waals surface area contributed by atoms with Gasteiger partial charge in [-0.2, -0.15) is 0 Å². The number of carbonyl (C=O) groups excluding carboxylic acids is 4. The monoisotopic (exact) mass is 1410 g/mol. The molecule has 3 N–H and O–H groups in total. The zero-order valence-corrected chi connectivity index (χ0v) is 64.8. The average molecular weight is 1410 g/mol. The highest BCUT2D eigenvalue weighted by molar-refractivity contribution is 7.47. The second-order valence-electron chi connectivity index (χ2n) is 29.4. The van der Waals surface area contributed by atoms with E-state index in [1.165, 1.54) is 186 Å². The minimum Gasteiger partial charge on any atom is -0.462 e. The summed E-state index contributed by atoms with van der Waals surface area (Å²) in [6, 6.07) is 0. The van der Waals surface area contributed by atoms with Gasteiger partial charge in [0.1, 0.15) is 19.3 Å². The molecule has 0 saturated carbocycles. The molecule has 0 aliphatic carbocycles. The van der Waals surface area contributed by atoms with Gasteiger partial charge in [0, 0.05) is 25.7 Å². The first-order valence-electron chi connectivity index (χ1n) is 39.7. The normalized spacial score (nSPS) is 14.4. The number of esters is 4. The SMILES string of the molecule is CCC(C)CCCCCCCCC(=O)OC[C@H](COP(=O)(O)OC[C@H](O)COP(=O)(O)OC[C@@H](COC(=O)CCCCCCCCCCCCC(C)C)OC(=O)CCCCCCCCCCCCCCC(C)C)OC(=O)CCCCCCCCCCCCCCCCCC(C)C. The third-order valence-corrected chi connectivity index (χ3v) is 20.1. The third kappa shape index (κ3) is 69.2. The van der Waals surface area contributed by atoms with E-state index in [1.807, 2.05) is 0 Å². The van der Waals surface area contributed by atoms with Gasteiger partial charge >= 0.3 is 39.5 Å². The number of unbranched alkanes of at least 4 members (excludes halogenated alkanes) is 39. The third-order valence-electron chi connectivity index (χ3n) is 18.2. The summed E-state index contributed by atoms with van der Waals surface area (Å²) in [6.07, 6.45) is 51.3. The first-order valence-corrected chi connectivity index (χ1v) is 42.7. The van der Waals surface area contributed by atoms with Gasteiger partial charge in [-0.05, 0) is 49.4 Å². The Morgan fingerprint density at radius 3 is 0.740 bits per heavy atom. The van der Waals surface area contributed by atoms with E-state index in [2.05, 4.69) is 55.4 Å². The Morgan fingerprint density at radius 1 is 0.292 bits per heavy atom. The number of aliphatic hydroxyl groups excluding tert-OH is 1. The molecule has 19 heteroatoms. The first kappa shape index (κ1) is 94.1. The van der Waals surface area contributed by atoms with Crippen LogP contribution >= 0.6 is 15.6 Å². The number of rotatable bonds is 74. The van der Waals surface area contributed by atoms with Gasteiger partial charge in [0.2, 0.25) is 0 Å². The molecule has 0 aliphatic rings. The van der Waals surface area contributed by atoms with Crippen LogP contribution in [0, 0.1) is 23.7 Å². The Balaban J connectivity index is 5.24. The van der Waals surface area contributed by atoms with E-state index in [1.54, 1.807) is 0 Å². The van der Waals surface area contributed by atoms with Crippen molar-refractivity contribution in [2.75, 3.05) is 39.6 Å². The van der Waals surface area contributed by atoms with Crippen molar-refractivity contribution in [1.82, 2.24) is 0 Å². The Morgan fingerprint density at radius 2 is 0.500 bits per heavy atom. The molecule has 0 heterocycles. The van der Waals surface area contributed by atoms with Crippen LogP contribution in [-0.4, -0.2) is 96.7 Å². The maximum atomic E-state index is 13.1. The van der Waals surface area contributed by atoms with Crippen LogP contribution in [0.25, 0.3) is 0 Å². The predicted molar refractivity (Wildman–Crippen MR) is 391 cm³/mol. The Kier molecular flexibility index (Phi) is 65.0. The highest BCUT2D eigenvalue weighted by atomic mass is 31.2. The molecule has 0 fully saturated rings. The van der Waals surface area contributed by atoms with Crippen LogP contribution < -0.4 is 0 Å². The molecular weight excluding hydrogens is 1260 g/mol. The molecule has 0 radical (unpaired) electrons. The van der Waals surface area contributed by atoms with Gasteiger partial charge in [-0.1, -0.05) is 338 Å². The summed E-state index contributed by atoms with van der Waals surface area (Å²) in [4.78, 5) is 72.9. The number of hydrogen-bond acceptors (Lipinski definition) is 15. The minimum atomic E-state index is -4.96. The second-order valence-corrected chi connectivity index (χ2v) is 32.3. The lowest BCUT2D eigenvalue weighted by atomic mass is 10.00. The molecule has 0 saturated heterocycles. The smallest absolute Gasteiger partial charge is 0.462 e. The summed E-state index contributed by atoms with van der Waals surface area (Å²) in [6.45, 7) is 14.2. The fourth-order valence-corrected chi connectivity index (χ4v) is 13.3. The highest BCUT2D eigenvalue weighted by Crippen LogP contribution is 2.45. The number of ether oxygens (including phenoxy) is 4. The largest absolute Gasteiger partial charge is 0.472 e. The van der Waals surface area contributed by atoms with E-state index in [9.17, 15) is 43.2 Å². The Bertz CT molecular complexity index is 1890. The topological polar surface area (TPSA) is 237 Å². The molecule has 0 bridgehead atoms. The number of hydrogen-bond donors (Lipinski definition) is 3. The Labute approximate surface area is 588 Å². The van der Waals surface area contributed by atoms with E-state index in [0.29, 0.717) is 25.7 Å². The van der Waals surface area contributed by atoms with Crippen LogP contribution in [0.1, 0.15) is 389 Å². The zero-order chi connectivity index (χ0) is 71.0. The number of phosphoric ester groups is 2. The first-order chi connectivity index (χ1) is 46.1. The van der Waals surface area contributed by atoms with Gasteiger partial charge in [-0.15, -0.1) is 0 Å². The molecule has 0 aliphatic heterocycles. The molecule has 6 atom stereocenters. The van der Waals surface area contributed by atoms with Gasteiger partial charge in [-0.25, -0.2) is 9.13 Å². The minimum absolute atomic E-state index is 0.106. The molecule has 0 aromatic rings. The van der Waals surface area contributed by atoms with Crippen molar-refractivity contribution in [3.63, 3.8) is 0 Å². The van der Waals surface area contributed by atoms with Crippen LogP contribution in [0.4, 0.5) is 0 Å². The lowest BCUT2D eigenvalue weighted by molar-refractivity contribution is -0.161. The fourth-order valence-electron chi connectivity index (χ4n) is 11.7. The van der Waals surface area contributed by atoms with Gasteiger partial charge in [0.15, 0.2) is 12.2 Å². The van der Waals surface area contributed by atoms with Crippen molar-refractivity contribution >= 4 is 39.5 Å². The van der Waals surface area contributed by atoms with Crippen molar-refractivity contribution in [3.8, 4) is 0 Å². The molecule has 3 unspecified atom stereocenters. The number of carbonyl (C=O) groups is 4. The average Bonchev–Trinajstić information content (AvgIpc) is 1.34. The molecule has 0 rings (SSSR count). The van der Waals surface area contributed by atoms with Crippen molar-refractivity contribution in [2.24, 2.45) is 23.7 Å². The fraction of sp³-hybridized carbons (Fsp3) is 0.948. The lowest BCUT2D eigenvalue weighted by Gasteiger charge is -2.21. The maximum absolute atomic E-state index is 13.1. The van der Waals surface area contributed by atoms with Gasteiger partial charge in [0.05, 0.1) is 26.4 Å². The molecular formula is C77H150O17P2. The molecule has 0 aromatic heterocycles. The van der Waals surface area contributed by atoms with Gasteiger partial charge < -0.3 is 33.8 Å². The summed E-state index contributed by atoms with van der Waals surface area (Å²) < 4.78 is 68.6. The van der Waals surface area contributed by atoms with Crippen molar-refractivity contribution in [3.05, 3.63) is 0 Å². The van der Waals surface area contributed by atoms with E-state index in [-0.39, 0.29) is 25.7 Å². The summed E-state index contributed by atoms with van der Waals surface area (Å²) >= 11 is 0. The summed E-state index contributed by atoms with van der Waals surface area (Å²) in [5.41, 5.74) is 0. The van der Waals surface area contributed by atoms with Crippen LogP contribution in [0.15, 0.2) is 0 Å². The van der Waals surface area contributed by atoms with Crippen LogP contribution in [0.5, 0.6) is 0 Å². The molecule has 0 spiro atoms. The zero-order valence-electron chi connectivity index (χ0n) is 63.0. The molecule has 17 nitrogen and oxygen atoms in total. The van der Waals surface area contributed by atoms with Gasteiger partial charge in [-0.3, -0.25) is 37.3 Å². The molecule has 0 aromatic carbocycles. The van der Waals surface area contributed by atoms with Crippen LogP contribution in [-0.2, 0) is 65.4 Å². The number of aliphatic hydroxyl groups is 1. The predicted octanol–water partition coefficient (Wildman–Crippen LogP) is 22.4. The molecule has 96 heavy (non-hydrogen) atoms. The summed E-state index contributed by atoms with van der Waals surface area (Å²) in [5, 5.41) is 10.6. The highest BCUT2D eigenvalue weighted by Gasteiger charge is 2.30. The molecule has 0 amide bonds. The van der Waals surface area contributed by atoms with E-state index < -0.39 is 97.5 Å². The van der Waals surface area contributed by atoms with Crippen molar-refractivity contribution < 1.29 is 80.2 Å². The number of phosphoric acid groups is 2. The van der Waals surface area contributed by atoms with Crippen molar-refractivity contribution in [1.29, 1.82) is 0 Å². The maximum Gasteiger partial charge on any atom is 0.472 e. The summed E-state index contributed by atoms with van der Waals surface area (Å²) in [7, 11) is -9.92. The standard InChI is InChI=1S/C77H150O17P2/c1-9-70(8)56-48-40-35-36-42-50-58-75(80)88-64-73(94-77(82)59-51-43-33-27-19-14-12-10-11-13-17-23-29-37-45-53-67(2)3)66-92-96(85,86)90-62-71(78)61-89-95(83,84)91-65-72(63-87-74(79)57-49-41-32-26-22-21-25-31-39-47-55-69(6)7)93-76(81)60-52-44-34-28-20-16-15-18-24-30-38-46-54-68(4)5/h67-73,78H,9-66H2,1-8H3,(H,83,84)(H,85,86)/t70?,71-,72-,73-/m1/s1.